The van der Waals surface area contributed by atoms with Crippen molar-refractivity contribution < 1.29 is 29.3 Å². The third kappa shape index (κ3) is 3.47. The highest BCUT2D eigenvalue weighted by Gasteiger charge is 2.33. The van der Waals surface area contributed by atoms with Crippen LogP contribution < -0.4 is 9.88 Å². The highest BCUT2D eigenvalue weighted by molar-refractivity contribution is 7.97. The molecule has 0 amide bonds. The molecule has 8 heteroatoms. The van der Waals surface area contributed by atoms with E-state index in [0.29, 0.717) is 4.90 Å². The molecule has 0 saturated carbocycles. The average Bonchev–Trinajstić information content (AvgIpc) is 2.35. The predicted molar refractivity (Wildman–Crippen MR) is 61.2 cm³/mol. The minimum absolute atomic E-state index is 0.0646. The Kier molecular flexibility index (Phi) is 4.69. The number of ether oxygens (including phenoxy) is 1. The maximum absolute atomic E-state index is 11.1. The van der Waals surface area contributed by atoms with Gasteiger partial charge in [-0.05, 0) is 36.2 Å². The molecule has 96 valence electrons. The zero-order chi connectivity index (χ0) is 13.7. The molecule has 1 atom stereocenters. The maximum Gasteiger partial charge on any atom is 0.376 e. The van der Waals surface area contributed by atoms with Crippen molar-refractivity contribution in [2.75, 3.05) is 0 Å². The molecule has 1 unspecified atom stereocenters. The van der Waals surface area contributed by atoms with Crippen LogP contribution in [-0.2, 0) is 14.4 Å². The Hall–Kier alpha value is -2.06. The summed E-state index contributed by atoms with van der Waals surface area (Å²) < 4.78 is 4.82. The minimum atomic E-state index is -2.07. The molecule has 18 heavy (non-hydrogen) atoms. The van der Waals surface area contributed by atoms with E-state index in [1.54, 1.807) is 12.1 Å². The molecule has 0 fully saturated rings. The maximum atomic E-state index is 11.1. The first-order valence-electron chi connectivity index (χ1n) is 4.59. The summed E-state index contributed by atoms with van der Waals surface area (Å²) in [5.74, 6) is -5.01. The number of hydrogen-bond donors (Lipinski definition) is 3. The van der Waals surface area contributed by atoms with Gasteiger partial charge in [0.1, 0.15) is 5.75 Å². The standard InChI is InChI=1S/C10H9NO6S/c11-18-6-3-1-5(2-4-6)17-8(10(15)16)7(12)9(13)14/h1-4,8H,11H2,(H,13,14)(H,15,16). The van der Waals surface area contributed by atoms with Gasteiger partial charge in [-0.3, -0.25) is 9.93 Å². The number of rotatable bonds is 6. The molecule has 0 heterocycles. The van der Waals surface area contributed by atoms with E-state index in [2.05, 4.69) is 0 Å². The van der Waals surface area contributed by atoms with Gasteiger partial charge in [0, 0.05) is 4.90 Å². The van der Waals surface area contributed by atoms with Crippen LogP contribution in [0.25, 0.3) is 0 Å². The number of carbonyl (C=O) groups excluding carboxylic acids is 1. The summed E-state index contributed by atoms with van der Waals surface area (Å²) in [5, 5.41) is 22.5. The van der Waals surface area contributed by atoms with Crippen molar-refractivity contribution in [3.63, 3.8) is 0 Å². The van der Waals surface area contributed by atoms with Gasteiger partial charge in [0.25, 0.3) is 11.9 Å². The summed E-state index contributed by atoms with van der Waals surface area (Å²) in [5.41, 5.74) is 0. The van der Waals surface area contributed by atoms with E-state index in [0.717, 1.165) is 11.9 Å². The number of nitrogens with two attached hydrogens (primary N) is 1. The second-order valence-corrected chi connectivity index (χ2v) is 3.80. The molecule has 0 radical (unpaired) electrons. The molecule has 1 aromatic carbocycles. The molecule has 0 aliphatic heterocycles. The monoisotopic (exact) mass is 271 g/mol. The van der Waals surface area contributed by atoms with E-state index in [-0.39, 0.29) is 5.75 Å². The van der Waals surface area contributed by atoms with E-state index in [1.807, 2.05) is 0 Å². The van der Waals surface area contributed by atoms with E-state index >= 15 is 0 Å². The van der Waals surface area contributed by atoms with Crippen LogP contribution in [0.4, 0.5) is 0 Å². The molecule has 1 aromatic rings. The zero-order valence-electron chi connectivity index (χ0n) is 8.90. The van der Waals surface area contributed by atoms with E-state index in [9.17, 15) is 14.4 Å². The first-order chi connectivity index (χ1) is 8.45. The number of Topliss-reactive ketones (excluding diaryl/α,β-unsaturated/α-hetero) is 1. The van der Waals surface area contributed by atoms with Gasteiger partial charge < -0.3 is 14.9 Å². The molecule has 7 nitrogen and oxygen atoms in total. The van der Waals surface area contributed by atoms with Crippen molar-refractivity contribution in [1.29, 1.82) is 0 Å². The van der Waals surface area contributed by atoms with E-state index in [4.69, 9.17) is 20.1 Å². The summed E-state index contributed by atoms with van der Waals surface area (Å²) >= 11 is 0.981. The molecule has 0 saturated heterocycles. The number of carbonyl (C=O) groups is 3. The highest BCUT2D eigenvalue weighted by Crippen LogP contribution is 2.18. The number of carboxylic acids is 2. The van der Waals surface area contributed by atoms with Crippen molar-refractivity contribution >= 4 is 29.7 Å². The molecular weight excluding hydrogens is 262 g/mol. The lowest BCUT2D eigenvalue weighted by molar-refractivity contribution is -0.160. The SMILES string of the molecule is NSc1ccc(OC(C(=O)O)C(=O)C(=O)O)cc1. The van der Waals surface area contributed by atoms with Crippen LogP contribution in [0, 0.1) is 0 Å². The van der Waals surface area contributed by atoms with Crippen LogP contribution in [0.2, 0.25) is 0 Å². The fraction of sp³-hybridized carbons (Fsp3) is 0.100. The Balaban J connectivity index is 2.86. The molecule has 0 aromatic heterocycles. The lowest BCUT2D eigenvalue weighted by atomic mass is 10.2. The van der Waals surface area contributed by atoms with Gasteiger partial charge in [-0.25, -0.2) is 9.59 Å². The first kappa shape index (κ1) is 14.0. The van der Waals surface area contributed by atoms with Crippen LogP contribution in [0.15, 0.2) is 29.2 Å². The molecular formula is C10H9NO6S. The van der Waals surface area contributed by atoms with Crippen molar-refractivity contribution in [1.82, 2.24) is 0 Å². The van der Waals surface area contributed by atoms with E-state index < -0.39 is 23.8 Å². The molecule has 0 bridgehead atoms. The second kappa shape index (κ2) is 6.03. The number of aliphatic carboxylic acids is 2. The lowest BCUT2D eigenvalue weighted by Gasteiger charge is -2.12. The third-order valence-corrected chi connectivity index (χ3v) is 2.43. The van der Waals surface area contributed by atoms with Gasteiger partial charge in [0.2, 0.25) is 0 Å². The van der Waals surface area contributed by atoms with Gasteiger partial charge >= 0.3 is 11.9 Å². The molecule has 0 spiro atoms. The quantitative estimate of drug-likeness (QED) is 0.378. The van der Waals surface area contributed by atoms with Crippen molar-refractivity contribution in [2.24, 2.45) is 5.14 Å². The fourth-order valence-corrected chi connectivity index (χ4v) is 1.35. The normalized spacial score (nSPS) is 11.6. The van der Waals surface area contributed by atoms with Crippen molar-refractivity contribution in [3.05, 3.63) is 24.3 Å². The van der Waals surface area contributed by atoms with Gasteiger partial charge in [-0.1, -0.05) is 0 Å². The third-order valence-electron chi connectivity index (χ3n) is 1.89. The zero-order valence-corrected chi connectivity index (χ0v) is 9.72. The Morgan fingerprint density at radius 3 is 2.11 bits per heavy atom. The predicted octanol–water partition coefficient (Wildman–Crippen LogP) is 0.138. The Labute approximate surface area is 106 Å². The van der Waals surface area contributed by atoms with Gasteiger partial charge in [0.15, 0.2) is 0 Å². The molecule has 0 aliphatic rings. The number of ketones is 1. The highest BCUT2D eigenvalue weighted by atomic mass is 32.2. The van der Waals surface area contributed by atoms with Crippen LogP contribution >= 0.6 is 11.9 Å². The topological polar surface area (TPSA) is 127 Å². The minimum Gasteiger partial charge on any atom is -0.478 e. The van der Waals surface area contributed by atoms with Gasteiger partial charge in [-0.15, -0.1) is 0 Å². The molecule has 0 aliphatic carbocycles. The summed E-state index contributed by atoms with van der Waals surface area (Å²) in [4.78, 5) is 33.0. The van der Waals surface area contributed by atoms with Crippen LogP contribution in [0.3, 0.4) is 0 Å². The largest absolute Gasteiger partial charge is 0.478 e. The second-order valence-electron chi connectivity index (χ2n) is 3.09. The Morgan fingerprint density at radius 2 is 1.72 bits per heavy atom. The molecule has 4 N–H and O–H groups in total. The van der Waals surface area contributed by atoms with Crippen LogP contribution in [-0.4, -0.2) is 34.0 Å². The van der Waals surface area contributed by atoms with Gasteiger partial charge in [0.05, 0.1) is 0 Å². The average molecular weight is 271 g/mol. The number of hydrogen-bond acceptors (Lipinski definition) is 6. The van der Waals surface area contributed by atoms with Crippen LogP contribution in [0.5, 0.6) is 5.75 Å². The lowest BCUT2D eigenvalue weighted by Crippen LogP contribution is -2.39. The van der Waals surface area contributed by atoms with Gasteiger partial charge in [-0.2, -0.15) is 0 Å². The van der Waals surface area contributed by atoms with Crippen molar-refractivity contribution in [2.45, 2.75) is 11.0 Å². The van der Waals surface area contributed by atoms with Crippen molar-refractivity contribution in [3.8, 4) is 5.75 Å². The molecule has 1 rings (SSSR count). The fourth-order valence-electron chi connectivity index (χ4n) is 1.06. The first-order valence-corrected chi connectivity index (χ1v) is 5.47. The summed E-state index contributed by atoms with van der Waals surface area (Å²) in [6, 6.07) is 5.87. The van der Waals surface area contributed by atoms with E-state index in [1.165, 1.54) is 12.1 Å². The number of benzene rings is 1. The number of carboxylic acid groups (broad SMARTS) is 2. The smallest absolute Gasteiger partial charge is 0.376 e. The summed E-state index contributed by atoms with van der Waals surface area (Å²) in [6.45, 7) is 0. The summed E-state index contributed by atoms with van der Waals surface area (Å²) in [6.07, 6.45) is -2.07. The Bertz CT molecular complexity index is 472. The Morgan fingerprint density at radius 1 is 1.17 bits per heavy atom. The van der Waals surface area contributed by atoms with Crippen LogP contribution in [0.1, 0.15) is 0 Å². The summed E-state index contributed by atoms with van der Waals surface area (Å²) in [7, 11) is 0.